The number of hydrogen-bond donors (Lipinski definition) is 2. The topological polar surface area (TPSA) is 66.4 Å². The van der Waals surface area contributed by atoms with Crippen LogP contribution in [0.25, 0.3) is 0 Å². The van der Waals surface area contributed by atoms with E-state index in [2.05, 4.69) is 73.2 Å². The van der Waals surface area contributed by atoms with Crippen molar-refractivity contribution >= 4 is 33.5 Å². The summed E-state index contributed by atoms with van der Waals surface area (Å²) in [7, 11) is 0. The van der Waals surface area contributed by atoms with Crippen LogP contribution in [0.1, 0.15) is 65.1 Å². The highest BCUT2D eigenvalue weighted by molar-refractivity contribution is 9.10. The number of aryl methyl sites for hydroxylation is 1. The molecule has 1 amide bonds. The van der Waals surface area contributed by atoms with Crippen LogP contribution in [0.4, 0.5) is 5.69 Å². The van der Waals surface area contributed by atoms with Crippen LogP contribution in [0, 0.1) is 6.92 Å². The van der Waals surface area contributed by atoms with E-state index in [1.54, 1.807) is 0 Å². The van der Waals surface area contributed by atoms with Gasteiger partial charge in [-0.05, 0) is 63.8 Å². The maximum Gasteiger partial charge on any atom is 0.336 e. The average Bonchev–Trinajstić information content (AvgIpc) is 2.60. The third-order valence-electron chi connectivity index (χ3n) is 5.38. The summed E-state index contributed by atoms with van der Waals surface area (Å²) in [6.07, 6.45) is 4.46. The average molecular weight is 442 g/mol. The number of anilines is 1. The first-order chi connectivity index (χ1) is 12.9. The normalized spacial score (nSPS) is 16.4. The Kier molecular flexibility index (Phi) is 5.00. The van der Waals surface area contributed by atoms with E-state index < -0.39 is 5.97 Å². The molecule has 1 aliphatic rings. The number of nitrogens with one attached hydrogen (secondary N) is 1. The zero-order valence-electron chi connectivity index (χ0n) is 16.7. The minimum Gasteiger partial charge on any atom is -0.478 e. The van der Waals surface area contributed by atoms with Crippen LogP contribution in [-0.2, 0) is 10.8 Å². The largest absolute Gasteiger partial charge is 0.478 e. The maximum absolute atomic E-state index is 12.8. The molecule has 1 aliphatic carbocycles. The minimum absolute atomic E-state index is 0.0598. The molecule has 0 radical (unpaired) electrons. The van der Waals surface area contributed by atoms with Crippen molar-refractivity contribution in [3.63, 3.8) is 0 Å². The summed E-state index contributed by atoms with van der Waals surface area (Å²) < 4.78 is 0.378. The predicted molar refractivity (Wildman–Crippen MR) is 115 cm³/mol. The number of carbonyl (C=O) groups is 2. The molecule has 0 aliphatic heterocycles. The molecule has 5 heteroatoms. The van der Waals surface area contributed by atoms with E-state index in [4.69, 9.17) is 5.11 Å². The molecule has 0 atom stereocenters. The molecule has 2 aromatic rings. The van der Waals surface area contributed by atoms with E-state index in [9.17, 15) is 9.59 Å². The summed E-state index contributed by atoms with van der Waals surface area (Å²) >= 11 is 3.22. The van der Waals surface area contributed by atoms with Gasteiger partial charge in [0.1, 0.15) is 0 Å². The molecule has 0 aromatic heterocycles. The van der Waals surface area contributed by atoms with Crippen LogP contribution in [0.15, 0.2) is 47.0 Å². The van der Waals surface area contributed by atoms with E-state index in [1.165, 1.54) is 29.3 Å². The van der Waals surface area contributed by atoms with Crippen molar-refractivity contribution in [2.24, 2.45) is 0 Å². The van der Waals surface area contributed by atoms with Gasteiger partial charge in [-0.15, -0.1) is 0 Å². The standard InChI is InChI=1S/C23H24BrNO3/c1-13-10-16-17(23(4,5)9-8-22(16,2)3)12-19(13)25-20(26)14-6-7-15(21(27)28)18(24)11-14/h6-12H,1-5H3,(H,25,26)(H,27,28). The van der Waals surface area contributed by atoms with Gasteiger partial charge in [0.05, 0.1) is 5.56 Å². The monoisotopic (exact) mass is 441 g/mol. The van der Waals surface area contributed by atoms with Gasteiger partial charge in [-0.1, -0.05) is 45.9 Å². The Labute approximate surface area is 173 Å². The van der Waals surface area contributed by atoms with Crippen molar-refractivity contribution in [1.29, 1.82) is 0 Å². The van der Waals surface area contributed by atoms with Crippen LogP contribution >= 0.6 is 15.9 Å². The number of carboxylic acids is 1. The molecule has 0 bridgehead atoms. The number of carboxylic acid groups (broad SMARTS) is 1. The lowest BCUT2D eigenvalue weighted by Gasteiger charge is -2.37. The molecule has 0 unspecified atom stereocenters. The molecular formula is C23H24BrNO3. The molecule has 0 saturated carbocycles. The smallest absolute Gasteiger partial charge is 0.336 e. The van der Waals surface area contributed by atoms with E-state index >= 15 is 0 Å². The maximum atomic E-state index is 12.8. The third kappa shape index (κ3) is 3.63. The second kappa shape index (κ2) is 6.89. The molecule has 2 aromatic carbocycles. The van der Waals surface area contributed by atoms with Crippen LogP contribution < -0.4 is 5.32 Å². The SMILES string of the molecule is Cc1cc2c(cc1NC(=O)c1ccc(C(=O)O)c(Br)c1)C(C)(C)C=CC2(C)C. The number of allylic oxidation sites excluding steroid dienone is 2. The minimum atomic E-state index is -1.04. The van der Waals surface area contributed by atoms with Gasteiger partial charge >= 0.3 is 5.97 Å². The van der Waals surface area contributed by atoms with Gasteiger partial charge in [-0.3, -0.25) is 4.79 Å². The molecule has 0 spiro atoms. The van der Waals surface area contributed by atoms with Crippen LogP contribution in [-0.4, -0.2) is 17.0 Å². The first kappa shape index (κ1) is 20.3. The van der Waals surface area contributed by atoms with Crippen molar-refractivity contribution in [2.75, 3.05) is 5.32 Å². The fourth-order valence-corrected chi connectivity index (χ4v) is 4.08. The fraction of sp³-hybridized carbons (Fsp3) is 0.304. The zero-order valence-corrected chi connectivity index (χ0v) is 18.3. The van der Waals surface area contributed by atoms with Crippen molar-refractivity contribution < 1.29 is 14.7 Å². The lowest BCUT2D eigenvalue weighted by Crippen LogP contribution is -2.29. The molecule has 3 rings (SSSR count). The molecule has 28 heavy (non-hydrogen) atoms. The Morgan fingerprint density at radius 1 is 0.964 bits per heavy atom. The Bertz CT molecular complexity index is 1020. The van der Waals surface area contributed by atoms with Gasteiger partial charge in [0, 0.05) is 26.6 Å². The number of benzene rings is 2. The van der Waals surface area contributed by atoms with Crippen LogP contribution in [0.3, 0.4) is 0 Å². The summed E-state index contributed by atoms with van der Waals surface area (Å²) in [6.45, 7) is 10.7. The van der Waals surface area contributed by atoms with Gasteiger partial charge in [-0.2, -0.15) is 0 Å². The lowest BCUT2D eigenvalue weighted by atomic mass is 9.67. The van der Waals surface area contributed by atoms with Gasteiger partial charge in [0.25, 0.3) is 5.91 Å². The highest BCUT2D eigenvalue weighted by atomic mass is 79.9. The molecule has 2 N–H and O–H groups in total. The number of aromatic carboxylic acids is 1. The number of halogens is 1. The first-order valence-corrected chi connectivity index (χ1v) is 9.92. The fourth-order valence-electron chi connectivity index (χ4n) is 3.53. The van der Waals surface area contributed by atoms with Crippen molar-refractivity contribution in [3.05, 3.63) is 74.8 Å². The molecule has 0 saturated heterocycles. The highest BCUT2D eigenvalue weighted by Crippen LogP contribution is 2.43. The number of rotatable bonds is 3. The zero-order chi connectivity index (χ0) is 20.9. The first-order valence-electron chi connectivity index (χ1n) is 9.12. The van der Waals surface area contributed by atoms with Crippen molar-refractivity contribution in [1.82, 2.24) is 0 Å². The van der Waals surface area contributed by atoms with Gasteiger partial charge < -0.3 is 10.4 Å². The Balaban J connectivity index is 1.97. The number of hydrogen-bond acceptors (Lipinski definition) is 2. The Morgan fingerprint density at radius 2 is 1.54 bits per heavy atom. The molecule has 0 fully saturated rings. The van der Waals surface area contributed by atoms with Gasteiger partial charge in [-0.25, -0.2) is 4.79 Å². The van der Waals surface area contributed by atoms with Crippen molar-refractivity contribution in [3.8, 4) is 0 Å². The quantitative estimate of drug-likeness (QED) is 0.588. The second-order valence-corrected chi connectivity index (χ2v) is 9.30. The van der Waals surface area contributed by atoms with E-state index in [-0.39, 0.29) is 22.3 Å². The third-order valence-corrected chi connectivity index (χ3v) is 6.04. The molecule has 0 heterocycles. The predicted octanol–water partition coefficient (Wildman–Crippen LogP) is 5.83. The lowest BCUT2D eigenvalue weighted by molar-refractivity contribution is 0.0695. The van der Waals surface area contributed by atoms with Gasteiger partial charge in [0.15, 0.2) is 0 Å². The summed E-state index contributed by atoms with van der Waals surface area (Å²) in [5.74, 6) is -1.31. The van der Waals surface area contributed by atoms with Crippen molar-refractivity contribution in [2.45, 2.75) is 45.4 Å². The summed E-state index contributed by atoms with van der Waals surface area (Å²) in [5.41, 5.74) is 4.56. The Morgan fingerprint density at radius 3 is 2.07 bits per heavy atom. The molecular weight excluding hydrogens is 418 g/mol. The summed E-state index contributed by atoms with van der Waals surface area (Å²) in [4.78, 5) is 23.9. The van der Waals surface area contributed by atoms with Crippen LogP contribution in [0.2, 0.25) is 0 Å². The van der Waals surface area contributed by atoms with Gasteiger partial charge in [0.2, 0.25) is 0 Å². The highest BCUT2D eigenvalue weighted by Gasteiger charge is 2.33. The summed E-state index contributed by atoms with van der Waals surface area (Å²) in [6, 6.07) is 8.70. The Hall–Kier alpha value is -2.40. The summed E-state index contributed by atoms with van der Waals surface area (Å²) in [5, 5.41) is 12.1. The van der Waals surface area contributed by atoms with Crippen LogP contribution in [0.5, 0.6) is 0 Å². The number of amides is 1. The second-order valence-electron chi connectivity index (χ2n) is 8.44. The molecule has 4 nitrogen and oxygen atoms in total. The number of carbonyl (C=O) groups excluding carboxylic acids is 1. The van der Waals surface area contributed by atoms with E-state index in [0.29, 0.717) is 10.0 Å². The number of fused-ring (bicyclic) bond motifs is 1. The van der Waals surface area contributed by atoms with E-state index in [0.717, 1.165) is 11.3 Å². The molecule has 146 valence electrons. The van der Waals surface area contributed by atoms with E-state index in [1.807, 2.05) is 6.92 Å².